The summed E-state index contributed by atoms with van der Waals surface area (Å²) in [5, 5.41) is 2.92. The first-order valence-electron chi connectivity index (χ1n) is 5.62. The third-order valence-corrected chi connectivity index (χ3v) is 3.16. The molecule has 2 saturated carbocycles. The molecule has 2 atom stereocenters. The van der Waals surface area contributed by atoms with Crippen LogP contribution < -0.4 is 11.1 Å². The topological polar surface area (TPSA) is 64.3 Å². The zero-order valence-corrected chi connectivity index (χ0v) is 9.62. The first-order valence-corrected chi connectivity index (χ1v) is 5.62. The van der Waals surface area contributed by atoms with Crippen LogP contribution in [0.3, 0.4) is 0 Å². The first kappa shape index (κ1) is 10.7. The summed E-state index contributed by atoms with van der Waals surface area (Å²) in [5.74, 6) is 1.21. The van der Waals surface area contributed by atoms with Crippen LogP contribution in [-0.2, 0) is 4.74 Å². The molecule has 0 aromatic rings. The molecule has 0 heterocycles. The Kier molecular flexibility index (Phi) is 2.41. The van der Waals surface area contributed by atoms with Gasteiger partial charge in [0.2, 0.25) is 0 Å². The average molecular weight is 212 g/mol. The van der Waals surface area contributed by atoms with Crippen molar-refractivity contribution in [3.8, 4) is 0 Å². The van der Waals surface area contributed by atoms with Crippen LogP contribution in [0.1, 0.15) is 33.6 Å². The molecule has 4 heteroatoms. The Morgan fingerprint density at radius 2 is 1.87 bits per heavy atom. The molecule has 0 bridgehead atoms. The number of nitrogens with two attached hydrogens (primary N) is 1. The van der Waals surface area contributed by atoms with Crippen molar-refractivity contribution in [2.24, 2.45) is 17.6 Å². The van der Waals surface area contributed by atoms with Crippen LogP contribution in [0.2, 0.25) is 0 Å². The van der Waals surface area contributed by atoms with Gasteiger partial charge in [-0.1, -0.05) is 0 Å². The number of nitrogens with one attached hydrogen (secondary N) is 1. The van der Waals surface area contributed by atoms with Crippen LogP contribution in [0, 0.1) is 11.8 Å². The molecule has 2 aliphatic rings. The molecule has 0 unspecified atom stereocenters. The summed E-state index contributed by atoms with van der Waals surface area (Å²) in [6, 6.07) is 0.663. The molecule has 0 aliphatic heterocycles. The van der Waals surface area contributed by atoms with Gasteiger partial charge in [0, 0.05) is 12.1 Å². The fraction of sp³-hybridized carbons (Fsp3) is 0.909. The summed E-state index contributed by atoms with van der Waals surface area (Å²) in [6.07, 6.45) is 1.80. The van der Waals surface area contributed by atoms with Crippen molar-refractivity contribution in [1.29, 1.82) is 0 Å². The van der Waals surface area contributed by atoms with Gasteiger partial charge in [-0.25, -0.2) is 4.79 Å². The third kappa shape index (κ3) is 2.43. The molecule has 0 radical (unpaired) electrons. The van der Waals surface area contributed by atoms with Crippen LogP contribution in [-0.4, -0.2) is 23.8 Å². The average Bonchev–Trinajstić information content (AvgIpc) is 2.54. The Hall–Kier alpha value is -0.770. The Balaban J connectivity index is 1.74. The number of ether oxygens (including phenoxy) is 1. The van der Waals surface area contributed by atoms with E-state index in [1.807, 2.05) is 20.8 Å². The highest BCUT2D eigenvalue weighted by Gasteiger charge is 2.56. The molecular formula is C11H20N2O2. The number of fused-ring (bicyclic) bond motifs is 1. The van der Waals surface area contributed by atoms with Crippen molar-refractivity contribution in [1.82, 2.24) is 5.32 Å². The highest BCUT2D eigenvalue weighted by Crippen LogP contribution is 2.51. The van der Waals surface area contributed by atoms with Crippen molar-refractivity contribution < 1.29 is 9.53 Å². The quantitative estimate of drug-likeness (QED) is 0.687. The zero-order valence-electron chi connectivity index (χ0n) is 9.62. The van der Waals surface area contributed by atoms with Gasteiger partial charge in [0.25, 0.3) is 0 Å². The summed E-state index contributed by atoms with van der Waals surface area (Å²) in [5.41, 5.74) is 5.39. The van der Waals surface area contributed by atoms with Gasteiger partial charge in [0.15, 0.2) is 0 Å². The number of carbonyl (C=O) groups excluding carboxylic acids is 1. The lowest BCUT2D eigenvalue weighted by molar-refractivity contribution is 0.0516. The molecule has 0 spiro atoms. The summed E-state index contributed by atoms with van der Waals surface area (Å²) >= 11 is 0. The number of hydrogen-bond acceptors (Lipinski definition) is 3. The number of hydrogen-bond donors (Lipinski definition) is 2. The summed E-state index contributed by atoms with van der Waals surface area (Å²) < 4.78 is 5.20. The maximum Gasteiger partial charge on any atom is 0.407 e. The van der Waals surface area contributed by atoms with E-state index in [1.54, 1.807) is 0 Å². The standard InChI is InChI=1S/C11H20N2O2/c1-11(2,3)15-10(14)13-9-7-4-6(12)5-8(7)9/h6-9H,4-5,12H2,1-3H3,(H,13,14)/t6?,7-,8-,9?/m1/s1. The van der Waals surface area contributed by atoms with E-state index in [2.05, 4.69) is 5.32 Å². The Labute approximate surface area is 90.5 Å². The van der Waals surface area contributed by atoms with Gasteiger partial charge in [-0.15, -0.1) is 0 Å². The molecule has 15 heavy (non-hydrogen) atoms. The lowest BCUT2D eigenvalue weighted by Gasteiger charge is -2.20. The van der Waals surface area contributed by atoms with Gasteiger partial charge < -0.3 is 15.8 Å². The fourth-order valence-corrected chi connectivity index (χ4v) is 2.54. The SMILES string of the molecule is CC(C)(C)OC(=O)NC1[C@@H]2CC(N)C[C@@H]12. The van der Waals surface area contributed by atoms with E-state index in [0.29, 0.717) is 23.9 Å². The van der Waals surface area contributed by atoms with Crippen molar-refractivity contribution in [3.63, 3.8) is 0 Å². The van der Waals surface area contributed by atoms with Crippen LogP contribution in [0.4, 0.5) is 4.79 Å². The highest BCUT2D eigenvalue weighted by molar-refractivity contribution is 5.68. The predicted octanol–water partition coefficient (Wildman–Crippen LogP) is 1.25. The smallest absolute Gasteiger partial charge is 0.407 e. The normalized spacial score (nSPS) is 34.8. The second kappa shape index (κ2) is 3.37. The second-order valence-electron chi connectivity index (χ2n) is 5.73. The molecule has 86 valence electrons. The van der Waals surface area contributed by atoms with Crippen molar-refractivity contribution in [2.75, 3.05) is 0 Å². The summed E-state index contributed by atoms with van der Waals surface area (Å²) in [4.78, 5) is 11.5. The number of rotatable bonds is 1. The van der Waals surface area contributed by atoms with Crippen LogP contribution in [0.25, 0.3) is 0 Å². The van der Waals surface area contributed by atoms with E-state index >= 15 is 0 Å². The minimum Gasteiger partial charge on any atom is -0.444 e. The molecule has 2 rings (SSSR count). The van der Waals surface area contributed by atoms with Gasteiger partial charge in [-0.2, -0.15) is 0 Å². The molecule has 4 nitrogen and oxygen atoms in total. The minimum absolute atomic E-state index is 0.296. The van der Waals surface area contributed by atoms with Gasteiger partial charge in [0.05, 0.1) is 0 Å². The second-order valence-corrected chi connectivity index (χ2v) is 5.73. The first-order chi connectivity index (χ1) is 6.87. The number of alkyl carbamates (subject to hydrolysis) is 1. The maximum absolute atomic E-state index is 11.5. The van der Waals surface area contributed by atoms with E-state index in [9.17, 15) is 4.79 Å². The van der Waals surface area contributed by atoms with Gasteiger partial charge >= 0.3 is 6.09 Å². The monoisotopic (exact) mass is 212 g/mol. The Morgan fingerprint density at radius 1 is 1.33 bits per heavy atom. The minimum atomic E-state index is -0.412. The van der Waals surface area contributed by atoms with E-state index in [0.717, 1.165) is 12.8 Å². The lowest BCUT2D eigenvalue weighted by Crippen LogP contribution is -2.36. The van der Waals surface area contributed by atoms with Crippen molar-refractivity contribution in [3.05, 3.63) is 0 Å². The highest BCUT2D eigenvalue weighted by atomic mass is 16.6. The fourth-order valence-electron chi connectivity index (χ4n) is 2.54. The lowest BCUT2D eigenvalue weighted by atomic mass is 10.1. The van der Waals surface area contributed by atoms with Gasteiger partial charge in [-0.05, 0) is 45.4 Å². The largest absolute Gasteiger partial charge is 0.444 e. The van der Waals surface area contributed by atoms with Gasteiger partial charge in [-0.3, -0.25) is 0 Å². The number of carbonyl (C=O) groups is 1. The Bertz CT molecular complexity index is 260. The molecule has 0 aromatic carbocycles. The zero-order chi connectivity index (χ0) is 11.2. The molecule has 3 N–H and O–H groups in total. The van der Waals surface area contributed by atoms with E-state index in [4.69, 9.17) is 10.5 Å². The molecule has 2 fully saturated rings. The van der Waals surface area contributed by atoms with E-state index in [-0.39, 0.29) is 6.09 Å². The Morgan fingerprint density at radius 3 is 2.33 bits per heavy atom. The van der Waals surface area contributed by atoms with Crippen LogP contribution >= 0.6 is 0 Å². The van der Waals surface area contributed by atoms with Crippen LogP contribution in [0.15, 0.2) is 0 Å². The molecular weight excluding hydrogens is 192 g/mol. The van der Waals surface area contributed by atoms with Crippen molar-refractivity contribution >= 4 is 6.09 Å². The van der Waals surface area contributed by atoms with Crippen molar-refractivity contribution in [2.45, 2.75) is 51.3 Å². The van der Waals surface area contributed by atoms with Crippen LogP contribution in [0.5, 0.6) is 0 Å². The molecule has 2 aliphatic carbocycles. The van der Waals surface area contributed by atoms with E-state index in [1.165, 1.54) is 0 Å². The summed E-state index contributed by atoms with van der Waals surface area (Å²) in [7, 11) is 0. The van der Waals surface area contributed by atoms with E-state index < -0.39 is 5.60 Å². The number of amides is 1. The third-order valence-electron chi connectivity index (χ3n) is 3.16. The summed E-state index contributed by atoms with van der Waals surface area (Å²) in [6.45, 7) is 5.61. The molecule has 1 amide bonds. The molecule has 0 saturated heterocycles. The maximum atomic E-state index is 11.5. The molecule has 0 aromatic heterocycles. The van der Waals surface area contributed by atoms with Gasteiger partial charge in [0.1, 0.15) is 5.60 Å². The predicted molar refractivity (Wildman–Crippen MR) is 57.3 cm³/mol.